The molecule has 1 saturated heterocycles. The molecule has 0 spiro atoms. The number of nitrogen functional groups attached to an aromatic ring is 1. The maximum Gasteiger partial charge on any atom is 0.410 e. The van der Waals surface area contributed by atoms with E-state index in [1.165, 1.54) is 30.2 Å². The number of likely N-dealkylation sites (tertiary alicyclic amines) is 1. The third kappa shape index (κ3) is 6.06. The molecular formula is C25H33BrN6O4S. The zero-order chi connectivity index (χ0) is 27.1. The molecule has 12 heteroatoms. The number of phenols is 2. The fraction of sp³-hybridized carbons (Fsp3) is 0.520. The van der Waals surface area contributed by atoms with Gasteiger partial charge in [-0.15, -0.1) is 0 Å². The van der Waals surface area contributed by atoms with Crippen molar-refractivity contribution in [3.8, 4) is 11.5 Å². The number of ether oxygens (including phenoxy) is 1. The average Bonchev–Trinajstić information content (AvgIpc) is 3.13. The number of aromatic nitrogens is 4. The molecule has 0 radical (unpaired) electrons. The monoisotopic (exact) mass is 592 g/mol. The van der Waals surface area contributed by atoms with E-state index in [-0.39, 0.29) is 23.0 Å². The first kappa shape index (κ1) is 27.3. The van der Waals surface area contributed by atoms with Gasteiger partial charge in [-0.3, -0.25) is 0 Å². The lowest BCUT2D eigenvalue weighted by molar-refractivity contribution is -0.00603. The summed E-state index contributed by atoms with van der Waals surface area (Å²) in [5, 5.41) is 20.5. The highest BCUT2D eigenvalue weighted by atomic mass is 79.9. The highest BCUT2D eigenvalue weighted by Gasteiger charge is 2.38. The summed E-state index contributed by atoms with van der Waals surface area (Å²) in [6.07, 6.45) is 2.86. The summed E-state index contributed by atoms with van der Waals surface area (Å²) >= 11 is 4.78. The number of phenolic OH excluding ortho intramolecular Hbond substituents is 2. The molecule has 0 saturated carbocycles. The van der Waals surface area contributed by atoms with Gasteiger partial charge in [0.2, 0.25) is 0 Å². The average molecular weight is 594 g/mol. The summed E-state index contributed by atoms with van der Waals surface area (Å²) in [6.45, 7) is 11.9. The van der Waals surface area contributed by atoms with E-state index in [1.807, 2.05) is 25.3 Å². The van der Waals surface area contributed by atoms with Gasteiger partial charge >= 0.3 is 6.09 Å². The molecule has 1 aliphatic rings. The van der Waals surface area contributed by atoms with E-state index in [2.05, 4.69) is 39.7 Å². The van der Waals surface area contributed by atoms with Crippen LogP contribution in [0, 0.1) is 11.3 Å². The number of benzene rings is 1. The second kappa shape index (κ2) is 10.2. The van der Waals surface area contributed by atoms with E-state index in [4.69, 9.17) is 15.5 Å². The molecule has 1 unspecified atom stereocenters. The van der Waals surface area contributed by atoms with Crippen LogP contribution in [0.15, 0.2) is 33.0 Å². The standard InChI is InChI=1S/C25H33BrN6O4S/c1-24(2,3)36-23(35)31-8-6-14(25(4,5)12-31)7-9-32-21-19(20(27)28-13-29-21)30-22(32)37-18-11-17(34)16(33)10-15(18)26/h10-11,13-14,33-34H,6-9,12H2,1-5H3,(H2,27,28,29). The lowest BCUT2D eigenvalue weighted by atomic mass is 9.72. The Morgan fingerprint density at radius 2 is 1.97 bits per heavy atom. The number of aromatic hydroxyl groups is 2. The van der Waals surface area contributed by atoms with Crippen LogP contribution in [-0.2, 0) is 11.3 Å². The molecule has 1 atom stereocenters. The number of imidazole rings is 1. The predicted octanol–water partition coefficient (Wildman–Crippen LogP) is 5.41. The van der Waals surface area contributed by atoms with E-state index in [1.54, 1.807) is 4.90 Å². The quantitative estimate of drug-likeness (QED) is 0.332. The first-order valence-electron chi connectivity index (χ1n) is 12.1. The molecule has 1 aromatic carbocycles. The van der Waals surface area contributed by atoms with Crippen LogP contribution in [0.1, 0.15) is 47.5 Å². The first-order valence-corrected chi connectivity index (χ1v) is 13.7. The first-order chi connectivity index (χ1) is 17.2. The Morgan fingerprint density at radius 1 is 1.27 bits per heavy atom. The Hall–Kier alpha value is -2.73. The maximum absolute atomic E-state index is 12.6. The largest absolute Gasteiger partial charge is 0.504 e. The van der Waals surface area contributed by atoms with Crippen LogP contribution in [0.2, 0.25) is 0 Å². The van der Waals surface area contributed by atoms with Gasteiger partial charge in [0.05, 0.1) is 0 Å². The fourth-order valence-corrected chi connectivity index (χ4v) is 6.15. The van der Waals surface area contributed by atoms with Crippen molar-refractivity contribution in [3.05, 3.63) is 22.9 Å². The summed E-state index contributed by atoms with van der Waals surface area (Å²) in [5.41, 5.74) is 6.62. The van der Waals surface area contributed by atoms with Gasteiger partial charge in [-0.1, -0.05) is 25.6 Å². The Balaban J connectivity index is 1.56. The molecule has 0 bridgehead atoms. The number of carbonyl (C=O) groups is 1. The number of nitrogens with two attached hydrogens (primary N) is 1. The van der Waals surface area contributed by atoms with E-state index >= 15 is 0 Å². The number of piperidine rings is 1. The van der Waals surface area contributed by atoms with Crippen LogP contribution in [0.25, 0.3) is 11.2 Å². The van der Waals surface area contributed by atoms with Crippen molar-refractivity contribution < 1.29 is 19.7 Å². The molecule has 200 valence electrons. The smallest absolute Gasteiger partial charge is 0.410 e. The molecular weight excluding hydrogens is 560 g/mol. The van der Waals surface area contributed by atoms with Gasteiger partial charge in [-0.25, -0.2) is 19.7 Å². The van der Waals surface area contributed by atoms with E-state index in [0.29, 0.717) is 57.1 Å². The molecule has 10 nitrogen and oxygen atoms in total. The summed E-state index contributed by atoms with van der Waals surface area (Å²) < 4.78 is 8.23. The van der Waals surface area contributed by atoms with E-state index in [9.17, 15) is 15.0 Å². The number of amides is 1. The normalized spacial score (nSPS) is 17.8. The number of fused-ring (bicyclic) bond motifs is 1. The molecule has 1 aliphatic heterocycles. The summed E-state index contributed by atoms with van der Waals surface area (Å²) in [5.74, 6) is 0.222. The van der Waals surface area contributed by atoms with Crippen molar-refractivity contribution in [1.29, 1.82) is 0 Å². The second-order valence-electron chi connectivity index (χ2n) is 11.0. The number of aryl methyl sites for hydroxylation is 1. The fourth-order valence-electron chi connectivity index (χ4n) is 4.63. The van der Waals surface area contributed by atoms with Crippen LogP contribution in [0.4, 0.5) is 10.6 Å². The molecule has 3 heterocycles. The lowest BCUT2D eigenvalue weighted by Crippen LogP contribution is -2.49. The van der Waals surface area contributed by atoms with Crippen LogP contribution < -0.4 is 5.73 Å². The highest BCUT2D eigenvalue weighted by Crippen LogP contribution is 2.42. The molecule has 0 aliphatic carbocycles. The van der Waals surface area contributed by atoms with Gasteiger partial charge in [0.15, 0.2) is 33.6 Å². The van der Waals surface area contributed by atoms with Gasteiger partial charge in [0, 0.05) is 29.0 Å². The van der Waals surface area contributed by atoms with Gasteiger partial charge in [-0.05, 0) is 73.0 Å². The van der Waals surface area contributed by atoms with Gasteiger partial charge < -0.3 is 30.2 Å². The molecule has 4 N–H and O–H groups in total. The number of carbonyl (C=O) groups excluding carboxylic acids is 1. The molecule has 3 aromatic rings. The number of hydrogen-bond acceptors (Lipinski definition) is 9. The third-order valence-corrected chi connectivity index (χ3v) is 8.53. The van der Waals surface area contributed by atoms with Crippen molar-refractivity contribution in [3.63, 3.8) is 0 Å². The molecule has 4 rings (SSSR count). The minimum atomic E-state index is -0.526. The minimum absolute atomic E-state index is 0.112. The number of halogens is 1. The topological polar surface area (TPSA) is 140 Å². The Morgan fingerprint density at radius 3 is 2.65 bits per heavy atom. The molecule has 1 amide bonds. The predicted molar refractivity (Wildman–Crippen MR) is 146 cm³/mol. The Bertz CT molecular complexity index is 1320. The van der Waals surface area contributed by atoms with Gasteiger partial charge in [-0.2, -0.15) is 0 Å². The lowest BCUT2D eigenvalue weighted by Gasteiger charge is -2.44. The SMILES string of the molecule is CC(C)(C)OC(=O)N1CCC(CCn2c(Sc3cc(O)c(O)cc3Br)nc3c(N)ncnc32)C(C)(C)C1. The highest BCUT2D eigenvalue weighted by molar-refractivity contribution is 9.10. The Labute approximate surface area is 228 Å². The summed E-state index contributed by atoms with van der Waals surface area (Å²) in [6, 6.07) is 2.93. The zero-order valence-electron chi connectivity index (χ0n) is 21.7. The molecule has 37 heavy (non-hydrogen) atoms. The van der Waals surface area contributed by atoms with Crippen LogP contribution >= 0.6 is 27.7 Å². The molecule has 2 aromatic heterocycles. The summed E-state index contributed by atoms with van der Waals surface area (Å²) in [4.78, 5) is 28.4. The third-order valence-electron chi connectivity index (χ3n) is 6.56. The number of rotatable bonds is 5. The Kier molecular flexibility index (Phi) is 7.53. The van der Waals surface area contributed by atoms with Crippen LogP contribution in [0.5, 0.6) is 11.5 Å². The maximum atomic E-state index is 12.6. The second-order valence-corrected chi connectivity index (χ2v) is 12.9. The van der Waals surface area contributed by atoms with Crippen molar-refractivity contribution in [2.24, 2.45) is 11.3 Å². The van der Waals surface area contributed by atoms with Crippen LogP contribution in [0.3, 0.4) is 0 Å². The van der Waals surface area contributed by atoms with Gasteiger partial charge in [0.25, 0.3) is 0 Å². The number of nitrogens with zero attached hydrogens (tertiary/aromatic N) is 5. The number of anilines is 1. The van der Waals surface area contributed by atoms with Crippen molar-refractivity contribution in [2.45, 2.75) is 69.7 Å². The zero-order valence-corrected chi connectivity index (χ0v) is 24.1. The number of hydrogen-bond donors (Lipinski definition) is 3. The summed E-state index contributed by atoms with van der Waals surface area (Å²) in [7, 11) is 0. The van der Waals surface area contributed by atoms with E-state index < -0.39 is 5.60 Å². The van der Waals surface area contributed by atoms with Crippen molar-refractivity contribution >= 4 is 50.8 Å². The van der Waals surface area contributed by atoms with Crippen molar-refractivity contribution in [1.82, 2.24) is 24.4 Å². The van der Waals surface area contributed by atoms with Crippen molar-refractivity contribution in [2.75, 3.05) is 18.8 Å². The van der Waals surface area contributed by atoms with Gasteiger partial charge in [0.1, 0.15) is 11.9 Å². The minimum Gasteiger partial charge on any atom is -0.504 e. The van der Waals surface area contributed by atoms with E-state index in [0.717, 1.165) is 12.8 Å². The molecule has 1 fully saturated rings. The van der Waals surface area contributed by atoms with Crippen LogP contribution in [-0.4, -0.2) is 59.4 Å².